The molecule has 0 saturated carbocycles. The molecule has 0 unspecified atom stereocenters. The summed E-state index contributed by atoms with van der Waals surface area (Å²) in [6.07, 6.45) is 6.32. The first-order valence-corrected chi connectivity index (χ1v) is 8.78. The van der Waals surface area contributed by atoms with Gasteiger partial charge in [0.25, 0.3) is 0 Å². The molecule has 0 aliphatic heterocycles. The molecule has 0 atom stereocenters. The highest BCUT2D eigenvalue weighted by atomic mass is 32.2. The van der Waals surface area contributed by atoms with Crippen molar-refractivity contribution < 1.29 is 9.18 Å². The van der Waals surface area contributed by atoms with Gasteiger partial charge in [-0.25, -0.2) is 14.2 Å². The van der Waals surface area contributed by atoms with E-state index in [1.807, 2.05) is 6.26 Å². The summed E-state index contributed by atoms with van der Waals surface area (Å²) in [4.78, 5) is 23.6. The van der Waals surface area contributed by atoms with Crippen LogP contribution in [0.3, 0.4) is 0 Å². The van der Waals surface area contributed by atoms with E-state index in [1.165, 1.54) is 17.4 Å². The number of aromatic nitrogens is 2. The first-order valence-electron chi connectivity index (χ1n) is 6.57. The Morgan fingerprint density at radius 1 is 1.36 bits per heavy atom. The van der Waals surface area contributed by atoms with Crippen LogP contribution in [0.1, 0.15) is 0 Å². The van der Waals surface area contributed by atoms with Crippen LogP contribution in [0.15, 0.2) is 24.7 Å². The van der Waals surface area contributed by atoms with Crippen LogP contribution >= 0.6 is 23.1 Å². The number of urea groups is 1. The molecular formula is C14H17FN4OS2. The fraction of sp³-hybridized carbons (Fsp3) is 0.357. The number of amides is 2. The summed E-state index contributed by atoms with van der Waals surface area (Å²) >= 11 is 3.02. The van der Waals surface area contributed by atoms with Gasteiger partial charge in [0.15, 0.2) is 0 Å². The number of thioether (sulfide) groups is 1. The molecule has 8 heteroatoms. The molecule has 2 rings (SSSR count). The topological polar surface area (TPSA) is 49.3 Å². The Morgan fingerprint density at radius 3 is 2.82 bits per heavy atom. The molecule has 0 saturated heterocycles. The van der Waals surface area contributed by atoms with E-state index < -0.39 is 5.82 Å². The molecule has 22 heavy (non-hydrogen) atoms. The van der Waals surface area contributed by atoms with E-state index in [0.717, 1.165) is 11.9 Å². The first-order chi connectivity index (χ1) is 10.5. The minimum absolute atomic E-state index is 0.0957. The molecule has 0 N–H and O–H groups in total. The molecule has 2 amide bonds. The number of halogens is 1. The third-order valence-corrected chi connectivity index (χ3v) is 4.73. The van der Waals surface area contributed by atoms with Crippen molar-refractivity contribution in [2.75, 3.05) is 37.5 Å². The molecule has 0 fully saturated rings. The summed E-state index contributed by atoms with van der Waals surface area (Å²) in [5.74, 6) is 0.481. The van der Waals surface area contributed by atoms with E-state index in [-0.39, 0.29) is 6.03 Å². The fourth-order valence-electron chi connectivity index (χ4n) is 1.76. The van der Waals surface area contributed by atoms with Crippen molar-refractivity contribution in [3.05, 3.63) is 30.5 Å². The van der Waals surface area contributed by atoms with Crippen molar-refractivity contribution in [3.8, 4) is 10.6 Å². The summed E-state index contributed by atoms with van der Waals surface area (Å²) < 4.78 is 13.2. The summed E-state index contributed by atoms with van der Waals surface area (Å²) in [7, 11) is 3.48. The lowest BCUT2D eigenvalue weighted by molar-refractivity contribution is 0.219. The van der Waals surface area contributed by atoms with Gasteiger partial charge in [-0.1, -0.05) is 11.3 Å². The Kier molecular flexibility index (Phi) is 5.73. The van der Waals surface area contributed by atoms with Gasteiger partial charge >= 0.3 is 6.03 Å². The molecule has 0 aromatic carbocycles. The van der Waals surface area contributed by atoms with Gasteiger partial charge in [-0.15, -0.1) is 0 Å². The minimum atomic E-state index is -0.407. The second-order valence-electron chi connectivity index (χ2n) is 4.65. The molecular weight excluding hydrogens is 323 g/mol. The van der Waals surface area contributed by atoms with E-state index in [1.54, 1.807) is 48.1 Å². The van der Waals surface area contributed by atoms with Gasteiger partial charge in [0.2, 0.25) is 0 Å². The number of anilines is 1. The predicted molar refractivity (Wildman–Crippen MR) is 90.1 cm³/mol. The van der Waals surface area contributed by atoms with Crippen LogP contribution in [0.5, 0.6) is 0 Å². The molecule has 2 aromatic rings. The van der Waals surface area contributed by atoms with Crippen LogP contribution < -0.4 is 4.90 Å². The Labute approximate surface area is 137 Å². The molecule has 2 aromatic heterocycles. The number of hydrogen-bond donors (Lipinski definition) is 0. The quantitative estimate of drug-likeness (QED) is 0.839. The molecule has 5 nitrogen and oxygen atoms in total. The molecule has 2 heterocycles. The zero-order valence-corrected chi connectivity index (χ0v) is 14.2. The van der Waals surface area contributed by atoms with Crippen molar-refractivity contribution >= 4 is 34.1 Å². The van der Waals surface area contributed by atoms with E-state index >= 15 is 0 Å². The molecule has 0 spiro atoms. The van der Waals surface area contributed by atoms with Gasteiger partial charge in [-0.3, -0.25) is 9.88 Å². The minimum Gasteiger partial charge on any atom is -0.327 e. The van der Waals surface area contributed by atoms with Crippen molar-refractivity contribution in [1.82, 2.24) is 14.9 Å². The third-order valence-electron chi connectivity index (χ3n) is 3.02. The number of thiazole rings is 1. The van der Waals surface area contributed by atoms with Gasteiger partial charge < -0.3 is 4.90 Å². The van der Waals surface area contributed by atoms with Gasteiger partial charge in [0.1, 0.15) is 15.8 Å². The van der Waals surface area contributed by atoms with Crippen molar-refractivity contribution in [2.45, 2.75) is 0 Å². The van der Waals surface area contributed by atoms with Crippen LogP contribution in [0, 0.1) is 5.82 Å². The Bertz CT molecular complexity index is 649. The lowest BCUT2D eigenvalue weighted by Gasteiger charge is -2.23. The van der Waals surface area contributed by atoms with E-state index in [9.17, 15) is 9.18 Å². The maximum atomic E-state index is 13.2. The normalized spacial score (nSPS) is 10.5. The molecule has 0 bridgehead atoms. The van der Waals surface area contributed by atoms with E-state index in [4.69, 9.17) is 0 Å². The van der Waals surface area contributed by atoms with Crippen LogP contribution in [0.25, 0.3) is 10.6 Å². The monoisotopic (exact) mass is 340 g/mol. The Hall–Kier alpha value is -1.67. The maximum Gasteiger partial charge on any atom is 0.324 e. The summed E-state index contributed by atoms with van der Waals surface area (Å²) in [6.45, 7) is 0.684. The average molecular weight is 340 g/mol. The molecule has 0 aliphatic carbocycles. The largest absolute Gasteiger partial charge is 0.327 e. The van der Waals surface area contributed by atoms with Crippen LogP contribution in [-0.4, -0.2) is 53.5 Å². The van der Waals surface area contributed by atoms with Crippen molar-refractivity contribution in [1.29, 1.82) is 0 Å². The maximum absolute atomic E-state index is 13.2. The van der Waals surface area contributed by atoms with E-state index in [2.05, 4.69) is 9.97 Å². The Morgan fingerprint density at radius 2 is 2.14 bits per heavy atom. The highest BCUT2D eigenvalue weighted by Gasteiger charge is 2.18. The fourth-order valence-corrected chi connectivity index (χ4v) is 3.07. The second kappa shape index (κ2) is 7.55. The number of rotatable bonds is 5. The number of carbonyl (C=O) groups excluding carboxylic acids is 1. The standard InChI is InChI=1S/C14H17FN4OS2/c1-18(4-5-21-3)14(20)19(2)12-9-17-13(22-12)10-6-11(15)8-16-7-10/h6-9H,4-5H2,1-3H3. The van der Waals surface area contributed by atoms with Gasteiger partial charge in [-0.2, -0.15) is 11.8 Å². The van der Waals surface area contributed by atoms with Gasteiger partial charge in [0.05, 0.1) is 12.4 Å². The lowest BCUT2D eigenvalue weighted by Crippen LogP contribution is -2.39. The first kappa shape index (κ1) is 16.7. The van der Waals surface area contributed by atoms with Crippen LogP contribution in [0.2, 0.25) is 0 Å². The van der Waals surface area contributed by atoms with Crippen molar-refractivity contribution in [2.24, 2.45) is 0 Å². The lowest BCUT2D eigenvalue weighted by atomic mass is 10.3. The smallest absolute Gasteiger partial charge is 0.324 e. The highest BCUT2D eigenvalue weighted by molar-refractivity contribution is 7.98. The number of nitrogens with zero attached hydrogens (tertiary/aromatic N) is 4. The average Bonchev–Trinajstić information content (AvgIpc) is 3.01. The SMILES string of the molecule is CSCCN(C)C(=O)N(C)c1cnc(-c2cncc(F)c2)s1. The summed E-state index contributed by atoms with van der Waals surface area (Å²) in [5.41, 5.74) is 0.604. The third kappa shape index (κ3) is 3.95. The summed E-state index contributed by atoms with van der Waals surface area (Å²) in [6, 6.07) is 1.28. The molecule has 0 radical (unpaired) electrons. The highest BCUT2D eigenvalue weighted by Crippen LogP contribution is 2.30. The summed E-state index contributed by atoms with van der Waals surface area (Å²) in [5, 5.41) is 1.34. The number of hydrogen-bond acceptors (Lipinski definition) is 5. The van der Waals surface area contributed by atoms with Crippen LogP contribution in [0.4, 0.5) is 14.2 Å². The van der Waals surface area contributed by atoms with E-state index in [0.29, 0.717) is 22.1 Å². The van der Waals surface area contributed by atoms with Crippen LogP contribution in [-0.2, 0) is 0 Å². The molecule has 0 aliphatic rings. The van der Waals surface area contributed by atoms with Gasteiger partial charge in [0, 0.05) is 38.2 Å². The Balaban J connectivity index is 2.12. The zero-order chi connectivity index (χ0) is 16.1. The molecule has 118 valence electrons. The predicted octanol–water partition coefficient (Wildman–Crippen LogP) is 3.20. The zero-order valence-electron chi connectivity index (χ0n) is 12.6. The number of pyridine rings is 1. The van der Waals surface area contributed by atoms with Crippen molar-refractivity contribution in [3.63, 3.8) is 0 Å². The second-order valence-corrected chi connectivity index (χ2v) is 6.65. The van der Waals surface area contributed by atoms with Gasteiger partial charge in [-0.05, 0) is 12.3 Å². The number of carbonyl (C=O) groups is 1.